The number of likely N-dealkylation sites (N-methyl/N-ethyl adjacent to an activating group) is 1. The molecule has 0 amide bonds. The number of hydrogen-bond acceptors (Lipinski definition) is 2. The van der Waals surface area contributed by atoms with Crippen molar-refractivity contribution in [3.05, 3.63) is 0 Å². The van der Waals surface area contributed by atoms with Crippen LogP contribution in [-0.2, 0) is 0 Å². The first-order chi connectivity index (χ1) is 4.84. The van der Waals surface area contributed by atoms with Crippen LogP contribution in [0.1, 0.15) is 19.3 Å². The number of piperazine rings is 1. The van der Waals surface area contributed by atoms with Crippen molar-refractivity contribution in [2.75, 3.05) is 20.1 Å². The molecule has 2 rings (SSSR count). The van der Waals surface area contributed by atoms with Gasteiger partial charge in [-0.2, -0.15) is 0 Å². The van der Waals surface area contributed by atoms with Crippen molar-refractivity contribution >= 4 is 24.8 Å². The number of likely N-dealkylation sites (tertiary alicyclic amines) is 1. The summed E-state index contributed by atoms with van der Waals surface area (Å²) in [6.07, 6.45) is 4.22. The number of nitrogens with one attached hydrogen (secondary N) is 1. The summed E-state index contributed by atoms with van der Waals surface area (Å²) in [4.78, 5) is 2.45. The number of nitrogens with zero attached hydrogens (tertiary/aromatic N) is 1. The van der Waals surface area contributed by atoms with Crippen molar-refractivity contribution in [2.24, 2.45) is 0 Å². The molecular formula is C8H18Cl2N2. The number of hydrogen-bond donors (Lipinski definition) is 1. The smallest absolute Gasteiger partial charge is 0.0198 e. The molecule has 2 aliphatic rings. The third-order valence-electron chi connectivity index (χ3n) is 2.64. The summed E-state index contributed by atoms with van der Waals surface area (Å²) >= 11 is 0. The molecule has 0 saturated carbocycles. The highest BCUT2D eigenvalue weighted by molar-refractivity contribution is 5.85. The van der Waals surface area contributed by atoms with E-state index in [0.29, 0.717) is 0 Å². The van der Waals surface area contributed by atoms with E-state index in [1.54, 1.807) is 0 Å². The first-order valence-corrected chi connectivity index (χ1v) is 4.29. The van der Waals surface area contributed by atoms with E-state index in [2.05, 4.69) is 17.3 Å². The van der Waals surface area contributed by atoms with Gasteiger partial charge in [0.1, 0.15) is 0 Å². The van der Waals surface area contributed by atoms with E-state index in [4.69, 9.17) is 0 Å². The Labute approximate surface area is 86.9 Å². The fourth-order valence-corrected chi connectivity index (χ4v) is 2.23. The van der Waals surface area contributed by atoms with Crippen LogP contribution in [0.5, 0.6) is 0 Å². The van der Waals surface area contributed by atoms with E-state index >= 15 is 0 Å². The fourth-order valence-electron chi connectivity index (χ4n) is 2.23. The van der Waals surface area contributed by atoms with Gasteiger partial charge in [0.2, 0.25) is 0 Å². The summed E-state index contributed by atoms with van der Waals surface area (Å²) in [6.45, 7) is 2.52. The molecule has 2 fully saturated rings. The highest BCUT2D eigenvalue weighted by Crippen LogP contribution is 2.17. The Kier molecular flexibility index (Phi) is 5.50. The van der Waals surface area contributed by atoms with Crippen LogP contribution in [0.25, 0.3) is 0 Å². The minimum Gasteiger partial charge on any atom is -0.309 e. The Morgan fingerprint density at radius 3 is 2.08 bits per heavy atom. The summed E-state index contributed by atoms with van der Waals surface area (Å²) in [6, 6.07) is 1.61. The molecule has 0 aromatic carbocycles. The zero-order valence-electron chi connectivity index (χ0n) is 7.45. The number of piperidine rings is 1. The highest BCUT2D eigenvalue weighted by atomic mass is 35.5. The zero-order valence-corrected chi connectivity index (χ0v) is 9.09. The maximum Gasteiger partial charge on any atom is 0.0198 e. The molecule has 12 heavy (non-hydrogen) atoms. The van der Waals surface area contributed by atoms with Gasteiger partial charge in [0.15, 0.2) is 0 Å². The largest absolute Gasteiger partial charge is 0.309 e. The van der Waals surface area contributed by atoms with Gasteiger partial charge < -0.3 is 10.2 Å². The topological polar surface area (TPSA) is 15.3 Å². The molecule has 0 spiro atoms. The van der Waals surface area contributed by atoms with Gasteiger partial charge in [-0.3, -0.25) is 0 Å². The van der Waals surface area contributed by atoms with Crippen molar-refractivity contribution in [3.8, 4) is 0 Å². The Morgan fingerprint density at radius 2 is 1.58 bits per heavy atom. The first kappa shape index (κ1) is 12.5. The third kappa shape index (κ3) is 2.77. The third-order valence-corrected chi connectivity index (χ3v) is 2.64. The molecule has 2 saturated heterocycles. The van der Waals surface area contributed by atoms with Gasteiger partial charge in [0.25, 0.3) is 0 Å². The Hall–Kier alpha value is 0.500. The SMILES string of the molecule is CN1CC2CCCC(C1)N2.Cl.Cl. The number of halogens is 2. The van der Waals surface area contributed by atoms with E-state index < -0.39 is 0 Å². The molecular weight excluding hydrogens is 195 g/mol. The normalized spacial score (nSPS) is 34.8. The van der Waals surface area contributed by atoms with Crippen LogP contribution in [0.2, 0.25) is 0 Å². The van der Waals surface area contributed by atoms with Gasteiger partial charge in [-0.25, -0.2) is 0 Å². The Bertz CT molecular complexity index is 116. The Balaban J connectivity index is 0.000000605. The molecule has 0 radical (unpaired) electrons. The molecule has 0 aliphatic carbocycles. The van der Waals surface area contributed by atoms with Crippen molar-refractivity contribution in [1.82, 2.24) is 10.2 Å². The maximum absolute atomic E-state index is 3.64. The van der Waals surface area contributed by atoms with E-state index in [-0.39, 0.29) is 24.8 Å². The van der Waals surface area contributed by atoms with Crippen LogP contribution in [-0.4, -0.2) is 37.1 Å². The summed E-state index contributed by atoms with van der Waals surface area (Å²) in [5, 5.41) is 3.64. The van der Waals surface area contributed by atoms with Crippen molar-refractivity contribution in [3.63, 3.8) is 0 Å². The lowest BCUT2D eigenvalue weighted by Gasteiger charge is -2.40. The Morgan fingerprint density at radius 1 is 1.08 bits per heavy atom. The van der Waals surface area contributed by atoms with Crippen LogP contribution in [0.4, 0.5) is 0 Å². The van der Waals surface area contributed by atoms with Gasteiger partial charge in [-0.1, -0.05) is 6.42 Å². The van der Waals surface area contributed by atoms with Crippen molar-refractivity contribution in [1.29, 1.82) is 0 Å². The molecule has 2 aliphatic heterocycles. The minimum absolute atomic E-state index is 0. The van der Waals surface area contributed by atoms with Crippen LogP contribution in [0, 0.1) is 0 Å². The average molecular weight is 213 g/mol. The maximum atomic E-state index is 3.64. The molecule has 0 aromatic rings. The van der Waals surface area contributed by atoms with Gasteiger partial charge in [-0.15, -0.1) is 24.8 Å². The molecule has 2 atom stereocenters. The highest BCUT2D eigenvalue weighted by Gasteiger charge is 2.27. The van der Waals surface area contributed by atoms with E-state index in [1.807, 2.05) is 0 Å². The lowest BCUT2D eigenvalue weighted by molar-refractivity contribution is 0.150. The second-order valence-corrected chi connectivity index (χ2v) is 3.71. The van der Waals surface area contributed by atoms with Gasteiger partial charge in [-0.05, 0) is 19.9 Å². The predicted molar refractivity (Wildman–Crippen MR) is 56.6 cm³/mol. The molecule has 2 nitrogen and oxygen atoms in total. The second-order valence-electron chi connectivity index (χ2n) is 3.71. The quantitative estimate of drug-likeness (QED) is 0.652. The molecule has 2 bridgehead atoms. The fraction of sp³-hybridized carbons (Fsp3) is 1.00. The van der Waals surface area contributed by atoms with Crippen molar-refractivity contribution in [2.45, 2.75) is 31.3 Å². The molecule has 2 unspecified atom stereocenters. The second kappa shape index (κ2) is 5.28. The monoisotopic (exact) mass is 212 g/mol. The first-order valence-electron chi connectivity index (χ1n) is 4.29. The summed E-state index contributed by atoms with van der Waals surface area (Å²) < 4.78 is 0. The molecule has 2 heterocycles. The zero-order chi connectivity index (χ0) is 6.97. The summed E-state index contributed by atoms with van der Waals surface area (Å²) in [5.41, 5.74) is 0. The van der Waals surface area contributed by atoms with Crippen LogP contribution in [0.3, 0.4) is 0 Å². The summed E-state index contributed by atoms with van der Waals surface area (Å²) in [7, 11) is 2.23. The molecule has 1 N–H and O–H groups in total. The standard InChI is InChI=1S/C8H16N2.2ClH/c1-10-5-7-3-2-4-8(6-10)9-7;;/h7-9H,2-6H2,1H3;2*1H. The lowest BCUT2D eigenvalue weighted by atomic mass is 9.95. The lowest BCUT2D eigenvalue weighted by Crippen LogP contribution is -2.57. The molecule has 4 heteroatoms. The van der Waals surface area contributed by atoms with E-state index in [1.165, 1.54) is 32.4 Å². The van der Waals surface area contributed by atoms with Gasteiger partial charge >= 0.3 is 0 Å². The van der Waals surface area contributed by atoms with Crippen molar-refractivity contribution < 1.29 is 0 Å². The van der Waals surface area contributed by atoms with Crippen LogP contribution < -0.4 is 5.32 Å². The number of fused-ring (bicyclic) bond motifs is 2. The average Bonchev–Trinajstić information content (AvgIpc) is 1.85. The van der Waals surface area contributed by atoms with Crippen LogP contribution in [0.15, 0.2) is 0 Å². The molecule has 74 valence electrons. The van der Waals surface area contributed by atoms with Gasteiger partial charge in [0, 0.05) is 25.2 Å². The van der Waals surface area contributed by atoms with E-state index in [9.17, 15) is 0 Å². The van der Waals surface area contributed by atoms with Gasteiger partial charge in [0.05, 0.1) is 0 Å². The van der Waals surface area contributed by atoms with Crippen LogP contribution >= 0.6 is 24.8 Å². The number of rotatable bonds is 0. The molecule has 0 aromatic heterocycles. The van der Waals surface area contributed by atoms with E-state index in [0.717, 1.165) is 12.1 Å². The summed E-state index contributed by atoms with van der Waals surface area (Å²) in [5.74, 6) is 0. The predicted octanol–water partition coefficient (Wildman–Crippen LogP) is 1.29. The minimum atomic E-state index is 0.